The number of methoxy groups -OCH3 is 1. The van der Waals surface area contributed by atoms with Crippen molar-refractivity contribution >= 4 is 47.4 Å². The Morgan fingerprint density at radius 2 is 2.04 bits per heavy atom. The molecule has 6 nitrogen and oxygen atoms in total. The predicted molar refractivity (Wildman–Crippen MR) is 126 cm³/mol. The summed E-state index contributed by atoms with van der Waals surface area (Å²) < 4.78 is 4.81. The van der Waals surface area contributed by atoms with Crippen LogP contribution in [0.4, 0.5) is 4.79 Å². The minimum absolute atomic E-state index is 0. The van der Waals surface area contributed by atoms with Crippen molar-refractivity contribution < 1.29 is 9.53 Å². The second-order valence-electron chi connectivity index (χ2n) is 7.62. The Hall–Kier alpha value is -1.03. The molecule has 28 heavy (non-hydrogen) atoms. The number of carbonyl (C=O) groups is 1. The first-order valence-electron chi connectivity index (χ1n) is 10.0. The number of nitrogens with one attached hydrogen (secondary N) is 2. The second kappa shape index (κ2) is 11.2. The van der Waals surface area contributed by atoms with Gasteiger partial charge in [0.15, 0.2) is 5.96 Å². The average molecular weight is 520 g/mol. The van der Waals surface area contributed by atoms with Crippen LogP contribution in [-0.4, -0.2) is 56.8 Å². The van der Waals surface area contributed by atoms with Gasteiger partial charge in [0.2, 0.25) is 0 Å². The number of rotatable bonds is 4. The van der Waals surface area contributed by atoms with Gasteiger partial charge in [-0.25, -0.2) is 4.79 Å². The third-order valence-corrected chi connectivity index (χ3v) is 7.06. The van der Waals surface area contributed by atoms with Crippen molar-refractivity contribution in [1.29, 1.82) is 0 Å². The van der Waals surface area contributed by atoms with Crippen molar-refractivity contribution in [3.63, 3.8) is 0 Å². The van der Waals surface area contributed by atoms with Gasteiger partial charge in [-0.3, -0.25) is 4.99 Å². The van der Waals surface area contributed by atoms with Crippen LogP contribution in [0.3, 0.4) is 0 Å². The first-order valence-corrected chi connectivity index (χ1v) is 10.9. The van der Waals surface area contributed by atoms with Gasteiger partial charge in [0, 0.05) is 43.0 Å². The molecule has 0 radical (unpaired) electrons. The van der Waals surface area contributed by atoms with Crippen LogP contribution in [0.15, 0.2) is 22.5 Å². The van der Waals surface area contributed by atoms with Crippen molar-refractivity contribution in [2.45, 2.75) is 56.4 Å². The van der Waals surface area contributed by atoms with E-state index in [1.807, 2.05) is 18.4 Å². The lowest BCUT2D eigenvalue weighted by Gasteiger charge is -2.38. The second-order valence-corrected chi connectivity index (χ2v) is 8.57. The van der Waals surface area contributed by atoms with Crippen molar-refractivity contribution in [3.05, 3.63) is 22.4 Å². The van der Waals surface area contributed by atoms with Crippen LogP contribution in [0.1, 0.15) is 49.8 Å². The van der Waals surface area contributed by atoms with E-state index in [0.717, 1.165) is 38.4 Å². The van der Waals surface area contributed by atoms with Crippen LogP contribution >= 0.6 is 35.3 Å². The summed E-state index contributed by atoms with van der Waals surface area (Å²) in [4.78, 5) is 19.3. The largest absolute Gasteiger partial charge is 0.453 e. The molecule has 0 spiro atoms. The Morgan fingerprint density at radius 1 is 1.32 bits per heavy atom. The molecule has 0 aromatic carbocycles. The first-order chi connectivity index (χ1) is 13.2. The molecular formula is C20H33IN4O2S. The smallest absolute Gasteiger partial charge is 0.409 e. The molecule has 0 atom stereocenters. The Balaban J connectivity index is 0.00000280. The van der Waals surface area contributed by atoms with Crippen molar-refractivity contribution in [2.24, 2.45) is 4.99 Å². The molecule has 2 N–H and O–H groups in total. The van der Waals surface area contributed by atoms with Crippen LogP contribution in [0.2, 0.25) is 0 Å². The number of aliphatic imine (C=N–C) groups is 1. The van der Waals surface area contributed by atoms with Gasteiger partial charge < -0.3 is 20.3 Å². The zero-order valence-electron chi connectivity index (χ0n) is 16.9. The third kappa shape index (κ3) is 5.75. The van der Waals surface area contributed by atoms with Gasteiger partial charge in [-0.15, -0.1) is 35.3 Å². The summed E-state index contributed by atoms with van der Waals surface area (Å²) in [6.07, 6.45) is 8.03. The maximum absolute atomic E-state index is 11.6. The minimum Gasteiger partial charge on any atom is -0.453 e. The summed E-state index contributed by atoms with van der Waals surface area (Å²) in [5.41, 5.74) is 0.234. The van der Waals surface area contributed by atoms with Crippen molar-refractivity contribution in [2.75, 3.05) is 33.8 Å². The van der Waals surface area contributed by atoms with Gasteiger partial charge in [-0.1, -0.05) is 25.3 Å². The molecule has 1 amide bonds. The van der Waals surface area contributed by atoms with E-state index in [-0.39, 0.29) is 35.5 Å². The third-order valence-electron chi connectivity index (χ3n) is 5.94. The van der Waals surface area contributed by atoms with E-state index in [0.29, 0.717) is 6.04 Å². The number of ether oxygens (including phenoxy) is 1. The molecule has 0 unspecified atom stereocenters. The monoisotopic (exact) mass is 520 g/mol. The molecule has 1 aliphatic heterocycles. The van der Waals surface area contributed by atoms with Crippen molar-refractivity contribution in [3.8, 4) is 0 Å². The van der Waals surface area contributed by atoms with Crippen LogP contribution < -0.4 is 10.6 Å². The molecule has 158 valence electrons. The number of hydrogen-bond acceptors (Lipinski definition) is 4. The van der Waals surface area contributed by atoms with Crippen LogP contribution in [0.5, 0.6) is 0 Å². The Labute approximate surface area is 189 Å². The standard InChI is InChI=1S/C20H32N4O2S.HI/c1-21-18(23-16-8-12-24(13-9-16)19(25)26-2)22-15-20(10-4-3-5-11-20)17-7-6-14-27-17;/h6-7,14,16H,3-5,8-13,15H2,1-2H3,(H2,21,22,23);1H. The van der Waals surface area contributed by atoms with Gasteiger partial charge in [0.25, 0.3) is 0 Å². The molecule has 2 heterocycles. The van der Waals surface area contributed by atoms with Gasteiger partial charge in [0.1, 0.15) is 0 Å². The lowest BCUT2D eigenvalue weighted by atomic mass is 9.73. The fraction of sp³-hybridized carbons (Fsp3) is 0.700. The molecule has 1 aromatic heterocycles. The number of carbonyl (C=O) groups excluding carboxylic acids is 1. The molecule has 8 heteroatoms. The summed E-state index contributed by atoms with van der Waals surface area (Å²) >= 11 is 1.88. The minimum atomic E-state index is -0.230. The number of thiophene rings is 1. The fourth-order valence-electron chi connectivity index (χ4n) is 4.30. The molecule has 1 saturated carbocycles. The first kappa shape index (κ1) is 23.3. The number of piperidine rings is 1. The van der Waals surface area contributed by atoms with E-state index < -0.39 is 0 Å². The molecule has 1 aromatic rings. The van der Waals surface area contributed by atoms with E-state index in [2.05, 4.69) is 33.1 Å². The highest BCUT2D eigenvalue weighted by atomic mass is 127. The topological polar surface area (TPSA) is 66.0 Å². The molecular weight excluding hydrogens is 487 g/mol. The number of amides is 1. The SMILES string of the molecule is CN=C(NCC1(c2cccs2)CCCCC1)NC1CCN(C(=O)OC)CC1.I. The molecule has 3 rings (SSSR count). The Morgan fingerprint density at radius 3 is 2.61 bits per heavy atom. The molecule has 2 fully saturated rings. The van der Waals surface area contributed by atoms with Crippen LogP contribution in [-0.2, 0) is 10.2 Å². The predicted octanol–water partition coefficient (Wildman–Crippen LogP) is 3.96. The summed E-state index contributed by atoms with van der Waals surface area (Å²) in [6, 6.07) is 4.79. The lowest BCUT2D eigenvalue weighted by molar-refractivity contribution is 0.111. The van der Waals surface area contributed by atoms with E-state index in [4.69, 9.17) is 4.74 Å². The Bertz CT molecular complexity index is 624. The van der Waals surface area contributed by atoms with E-state index in [1.165, 1.54) is 44.1 Å². The van der Waals surface area contributed by atoms with E-state index in [9.17, 15) is 4.79 Å². The summed E-state index contributed by atoms with van der Waals surface area (Å²) in [7, 11) is 3.27. The molecule has 2 aliphatic rings. The highest BCUT2D eigenvalue weighted by Crippen LogP contribution is 2.41. The lowest BCUT2D eigenvalue weighted by Crippen LogP contribution is -2.52. The zero-order chi connectivity index (χ0) is 19.1. The van der Waals surface area contributed by atoms with Gasteiger partial charge in [0.05, 0.1) is 7.11 Å². The van der Waals surface area contributed by atoms with Crippen LogP contribution in [0.25, 0.3) is 0 Å². The summed E-state index contributed by atoms with van der Waals surface area (Å²) in [6.45, 7) is 2.37. The molecule has 0 bridgehead atoms. The highest BCUT2D eigenvalue weighted by Gasteiger charge is 2.35. The van der Waals surface area contributed by atoms with Gasteiger partial charge in [-0.05, 0) is 37.1 Å². The quantitative estimate of drug-likeness (QED) is 0.359. The Kier molecular flexibility index (Phi) is 9.33. The maximum atomic E-state index is 11.6. The number of halogens is 1. The maximum Gasteiger partial charge on any atom is 0.409 e. The van der Waals surface area contributed by atoms with Gasteiger partial charge >= 0.3 is 6.09 Å². The summed E-state index contributed by atoms with van der Waals surface area (Å²) in [5, 5.41) is 9.34. The summed E-state index contributed by atoms with van der Waals surface area (Å²) in [5.74, 6) is 0.869. The number of hydrogen-bond donors (Lipinski definition) is 2. The number of nitrogens with zero attached hydrogens (tertiary/aromatic N) is 2. The van der Waals surface area contributed by atoms with E-state index in [1.54, 1.807) is 4.90 Å². The average Bonchev–Trinajstić information content (AvgIpc) is 3.27. The fourth-order valence-corrected chi connectivity index (χ4v) is 5.28. The molecule has 1 saturated heterocycles. The van der Waals surface area contributed by atoms with E-state index >= 15 is 0 Å². The van der Waals surface area contributed by atoms with Gasteiger partial charge in [-0.2, -0.15) is 0 Å². The van der Waals surface area contributed by atoms with Crippen LogP contribution in [0, 0.1) is 0 Å². The molecule has 1 aliphatic carbocycles. The van der Waals surface area contributed by atoms with Crippen molar-refractivity contribution in [1.82, 2.24) is 15.5 Å². The number of likely N-dealkylation sites (tertiary alicyclic amines) is 1. The normalized spacial score (nSPS) is 20.2. The zero-order valence-corrected chi connectivity index (χ0v) is 20.1. The number of guanidine groups is 1. The highest BCUT2D eigenvalue weighted by molar-refractivity contribution is 14.0.